The molecule has 0 bridgehead atoms. The molecule has 3 aliphatic carbocycles. The molecule has 0 heterocycles. The van der Waals surface area contributed by atoms with Crippen LogP contribution in [0.1, 0.15) is 41.5 Å². The topological polar surface area (TPSA) is 182 Å². The average Bonchev–Trinajstić information content (AvgIpc) is 3.07. The molecule has 0 spiro atoms. The fraction of sp³-hybridized carbons (Fsp3) is 0.364. The Balaban J connectivity index is 2.01. The Morgan fingerprint density at radius 2 is 1.73 bits per heavy atom. The maximum atomic E-state index is 13.4. The molecule has 0 aliphatic heterocycles. The van der Waals surface area contributed by atoms with Gasteiger partial charge < -0.3 is 35.4 Å². The van der Waals surface area contributed by atoms with Crippen molar-refractivity contribution < 1.29 is 44.0 Å². The molecule has 11 nitrogen and oxygen atoms in total. The van der Waals surface area contributed by atoms with Crippen LogP contribution >= 0.6 is 0 Å². The Labute approximate surface area is 186 Å². The standard InChI is InChI=1S/C22H19N2O9/c1-7(25)32-20-15-13(19(30)21(22(20,3)31)33-8(2)26)12-14(16(15)24-23)18(29)11-9(17(12)28)5-4-6-10(11)27/h4-6,16,19-21,27,30-31H,1-3H3/q-1. The molecule has 172 valence electrons. The van der Waals surface area contributed by atoms with Gasteiger partial charge in [-0.05, 0) is 13.0 Å². The van der Waals surface area contributed by atoms with E-state index in [1.165, 1.54) is 18.2 Å². The highest BCUT2D eigenvalue weighted by atomic mass is 16.6. The summed E-state index contributed by atoms with van der Waals surface area (Å²) >= 11 is 0. The summed E-state index contributed by atoms with van der Waals surface area (Å²) in [6, 6.07) is 2.28. The fourth-order valence-electron chi connectivity index (χ4n) is 4.82. The van der Waals surface area contributed by atoms with Crippen LogP contribution in [0.4, 0.5) is 0 Å². The lowest BCUT2D eigenvalue weighted by Crippen LogP contribution is -2.62. The summed E-state index contributed by atoms with van der Waals surface area (Å²) in [6.45, 7) is 3.21. The predicted octanol–water partition coefficient (Wildman–Crippen LogP) is 0.757. The summed E-state index contributed by atoms with van der Waals surface area (Å²) in [6.07, 6.45) is -5.18. The van der Waals surface area contributed by atoms with Gasteiger partial charge in [-0.25, -0.2) is 0 Å². The van der Waals surface area contributed by atoms with E-state index >= 15 is 0 Å². The van der Waals surface area contributed by atoms with Crippen molar-refractivity contribution in [2.45, 2.75) is 50.7 Å². The minimum Gasteiger partial charge on any atom is -0.711 e. The van der Waals surface area contributed by atoms with Gasteiger partial charge in [0.2, 0.25) is 0 Å². The lowest BCUT2D eigenvalue weighted by atomic mass is 9.73. The zero-order valence-electron chi connectivity index (χ0n) is 17.7. The Morgan fingerprint density at radius 3 is 2.30 bits per heavy atom. The van der Waals surface area contributed by atoms with Crippen molar-refractivity contribution in [3.63, 3.8) is 0 Å². The minimum absolute atomic E-state index is 0.151. The van der Waals surface area contributed by atoms with Crippen LogP contribution in [0.3, 0.4) is 0 Å². The van der Waals surface area contributed by atoms with E-state index in [2.05, 4.69) is 5.11 Å². The van der Waals surface area contributed by atoms with Crippen molar-refractivity contribution in [2.24, 2.45) is 5.11 Å². The van der Waals surface area contributed by atoms with E-state index in [-0.39, 0.29) is 33.4 Å². The number of carbonyl (C=O) groups is 4. The zero-order valence-corrected chi connectivity index (χ0v) is 17.7. The quantitative estimate of drug-likeness (QED) is 0.437. The lowest BCUT2D eigenvalue weighted by molar-refractivity contribution is -0.201. The molecule has 0 radical (unpaired) electrons. The van der Waals surface area contributed by atoms with Gasteiger partial charge >= 0.3 is 11.9 Å². The molecule has 4 rings (SSSR count). The number of ether oxygens (including phenoxy) is 2. The van der Waals surface area contributed by atoms with Crippen LogP contribution in [0.15, 0.2) is 45.6 Å². The number of aliphatic hydroxyl groups is 2. The highest BCUT2D eigenvalue weighted by Crippen LogP contribution is 2.51. The van der Waals surface area contributed by atoms with Crippen LogP contribution in [-0.4, -0.2) is 68.8 Å². The molecule has 5 atom stereocenters. The maximum absolute atomic E-state index is 13.4. The van der Waals surface area contributed by atoms with Crippen molar-refractivity contribution in [2.75, 3.05) is 0 Å². The average molecular weight is 455 g/mol. The zero-order chi connectivity index (χ0) is 24.4. The summed E-state index contributed by atoms with van der Waals surface area (Å²) in [7, 11) is 0. The number of ketones is 2. The number of aliphatic hydroxyl groups excluding tert-OH is 1. The molecule has 3 aliphatic rings. The molecule has 0 saturated heterocycles. The Morgan fingerprint density at radius 1 is 1.09 bits per heavy atom. The van der Waals surface area contributed by atoms with E-state index in [1.54, 1.807) is 0 Å². The number of esters is 2. The fourth-order valence-corrected chi connectivity index (χ4v) is 4.82. The first-order valence-corrected chi connectivity index (χ1v) is 9.92. The predicted molar refractivity (Wildman–Crippen MR) is 108 cm³/mol. The Kier molecular flexibility index (Phi) is 5.06. The second-order valence-electron chi connectivity index (χ2n) is 8.22. The van der Waals surface area contributed by atoms with Gasteiger partial charge in [0.1, 0.15) is 17.5 Å². The number of carbonyl (C=O) groups excluding carboxylic acids is 4. The van der Waals surface area contributed by atoms with Crippen LogP contribution in [0.2, 0.25) is 0 Å². The van der Waals surface area contributed by atoms with Gasteiger partial charge in [-0.1, -0.05) is 12.1 Å². The molecule has 5 unspecified atom stereocenters. The first kappa shape index (κ1) is 22.5. The number of phenolic OH excluding ortho intramolecular Hbond substituents is 1. The molecule has 0 fully saturated rings. The number of benzene rings is 1. The van der Waals surface area contributed by atoms with Gasteiger partial charge in [-0.15, -0.1) is 0 Å². The van der Waals surface area contributed by atoms with Gasteiger partial charge in [0.05, 0.1) is 11.6 Å². The molecule has 1 aromatic carbocycles. The molecule has 3 N–H and O–H groups in total. The molecule has 11 heteroatoms. The first-order valence-electron chi connectivity index (χ1n) is 9.92. The molecule has 0 amide bonds. The van der Waals surface area contributed by atoms with Gasteiger partial charge in [0, 0.05) is 41.7 Å². The van der Waals surface area contributed by atoms with E-state index in [1.807, 2.05) is 0 Å². The summed E-state index contributed by atoms with van der Waals surface area (Å²) < 4.78 is 10.4. The van der Waals surface area contributed by atoms with Crippen LogP contribution in [0.5, 0.6) is 5.75 Å². The van der Waals surface area contributed by atoms with Crippen molar-refractivity contribution in [1.29, 1.82) is 0 Å². The third kappa shape index (κ3) is 3.04. The normalized spacial score (nSPS) is 30.5. The molecule has 0 saturated carbocycles. The van der Waals surface area contributed by atoms with E-state index in [0.29, 0.717) is 0 Å². The highest BCUT2D eigenvalue weighted by Gasteiger charge is 2.61. The summed E-state index contributed by atoms with van der Waals surface area (Å²) in [5.41, 5.74) is 6.00. The van der Waals surface area contributed by atoms with Crippen LogP contribution in [0, 0.1) is 0 Å². The van der Waals surface area contributed by atoms with Gasteiger partial charge in [0.25, 0.3) is 0 Å². The van der Waals surface area contributed by atoms with Crippen molar-refractivity contribution >= 4 is 23.5 Å². The molecule has 1 aromatic rings. The number of hydrogen-bond donors (Lipinski definition) is 3. The van der Waals surface area contributed by atoms with Gasteiger partial charge in [-0.2, -0.15) is 0 Å². The van der Waals surface area contributed by atoms with E-state index < -0.39 is 59.2 Å². The van der Waals surface area contributed by atoms with E-state index in [0.717, 1.165) is 20.8 Å². The van der Waals surface area contributed by atoms with Crippen LogP contribution < -0.4 is 0 Å². The van der Waals surface area contributed by atoms with E-state index in [9.17, 15) is 40.0 Å². The largest absolute Gasteiger partial charge is 0.711 e. The second kappa shape index (κ2) is 7.42. The highest BCUT2D eigenvalue weighted by molar-refractivity contribution is 6.31. The number of rotatable bonds is 3. The van der Waals surface area contributed by atoms with Gasteiger partial charge in [0.15, 0.2) is 23.8 Å². The molecule has 0 aromatic heterocycles. The number of aromatic hydroxyl groups is 1. The Bertz CT molecular complexity index is 1210. The lowest BCUT2D eigenvalue weighted by Gasteiger charge is -2.45. The summed E-state index contributed by atoms with van der Waals surface area (Å²) in [4.78, 5) is 50.3. The van der Waals surface area contributed by atoms with Gasteiger partial charge in [-0.3, -0.25) is 19.2 Å². The number of hydrogen-bond acceptors (Lipinski definition) is 10. The smallest absolute Gasteiger partial charge is 0.303 e. The van der Waals surface area contributed by atoms with E-state index in [4.69, 9.17) is 9.47 Å². The molecular formula is C22H19N2O9-. The van der Waals surface area contributed by atoms with Crippen LogP contribution in [-0.2, 0) is 19.1 Å². The summed E-state index contributed by atoms with van der Waals surface area (Å²) in [5.74, 6) is -3.82. The minimum atomic E-state index is -2.23. The monoisotopic (exact) mass is 455 g/mol. The molecular weight excluding hydrogens is 436 g/mol. The third-order valence-corrected chi connectivity index (χ3v) is 6.07. The van der Waals surface area contributed by atoms with Crippen molar-refractivity contribution in [1.82, 2.24) is 0 Å². The SMILES string of the molecule is CC(=O)OC1C2=C(C3=C(C(=O)c4c(O)cccc4C3=O)C2N=[N-])C(O)C(OC(C)=O)C1(C)O. The maximum Gasteiger partial charge on any atom is 0.303 e. The Hall–Kier alpha value is -3.70. The number of phenols is 1. The van der Waals surface area contributed by atoms with Crippen LogP contribution in [0.25, 0.3) is 5.53 Å². The second-order valence-corrected chi connectivity index (χ2v) is 8.22. The summed E-state index contributed by atoms with van der Waals surface area (Å²) in [5, 5.41) is 35.7. The number of nitrogens with zero attached hydrogens (tertiary/aromatic N) is 2. The first-order chi connectivity index (χ1) is 15.4. The number of fused-ring (bicyclic) bond motifs is 2. The third-order valence-electron chi connectivity index (χ3n) is 6.07. The number of Topliss-reactive ketones (excluding diaryl/α,β-unsaturated/α-hetero) is 2. The molecule has 33 heavy (non-hydrogen) atoms. The van der Waals surface area contributed by atoms with Crippen molar-refractivity contribution in [3.05, 3.63) is 57.1 Å². The van der Waals surface area contributed by atoms with Crippen molar-refractivity contribution in [3.8, 4) is 5.75 Å².